The second kappa shape index (κ2) is 5.70. The summed E-state index contributed by atoms with van der Waals surface area (Å²) in [5.41, 5.74) is 0.234. The van der Waals surface area contributed by atoms with Crippen molar-refractivity contribution < 1.29 is 13.2 Å². The zero-order chi connectivity index (χ0) is 12.2. The highest BCUT2D eigenvalue weighted by molar-refractivity contribution is 14.1. The van der Waals surface area contributed by atoms with Gasteiger partial charge in [-0.2, -0.15) is 13.2 Å². The zero-order valence-electron chi connectivity index (χ0n) is 8.81. The van der Waals surface area contributed by atoms with Gasteiger partial charge in [0.25, 0.3) is 0 Å². The predicted molar refractivity (Wildman–Crippen MR) is 68.3 cm³/mol. The van der Waals surface area contributed by atoms with Gasteiger partial charge in [0, 0.05) is 3.58 Å². The van der Waals surface area contributed by atoms with Crippen LogP contribution >= 0.6 is 22.6 Å². The number of benzene rings is 1. The third-order valence-electron chi connectivity index (χ3n) is 2.10. The number of allylic oxidation sites excluding steroid dienone is 1. The van der Waals surface area contributed by atoms with Gasteiger partial charge in [-0.15, -0.1) is 0 Å². The largest absolute Gasteiger partial charge is 0.416 e. The molecule has 0 aliphatic rings. The molecule has 0 fully saturated rings. The van der Waals surface area contributed by atoms with E-state index in [0.717, 1.165) is 34.1 Å². The van der Waals surface area contributed by atoms with Crippen LogP contribution in [0.3, 0.4) is 0 Å². The van der Waals surface area contributed by atoms with E-state index in [1.807, 2.05) is 6.08 Å². The van der Waals surface area contributed by atoms with Crippen molar-refractivity contribution in [2.45, 2.75) is 25.9 Å². The lowest BCUT2D eigenvalue weighted by Gasteiger charge is -2.07. The van der Waals surface area contributed by atoms with Crippen LogP contribution in [0, 0.1) is 0 Å². The topological polar surface area (TPSA) is 0 Å². The summed E-state index contributed by atoms with van der Waals surface area (Å²) < 4.78 is 37.9. The molecule has 0 aliphatic carbocycles. The summed E-state index contributed by atoms with van der Waals surface area (Å²) in [7, 11) is 0. The molecule has 16 heavy (non-hydrogen) atoms. The summed E-state index contributed by atoms with van der Waals surface area (Å²) in [6, 6.07) is 5.26. The molecule has 0 saturated carbocycles. The Balaban J connectivity index is 2.87. The standard InChI is InChI=1S/C12H12F3I/c1-2-3-4-11(16)9-5-7-10(8-6-9)12(13,14)15/h4-8H,2-3H2,1H3/b11-4-. The van der Waals surface area contributed by atoms with Crippen molar-refractivity contribution in [2.75, 3.05) is 0 Å². The Kier molecular flexibility index (Phi) is 4.83. The Hall–Kier alpha value is -0.520. The Morgan fingerprint density at radius 3 is 2.25 bits per heavy atom. The van der Waals surface area contributed by atoms with E-state index in [0.29, 0.717) is 0 Å². The van der Waals surface area contributed by atoms with Crippen LogP contribution in [0.2, 0.25) is 0 Å². The summed E-state index contributed by atoms with van der Waals surface area (Å²) in [6.45, 7) is 2.06. The van der Waals surface area contributed by atoms with Gasteiger partial charge >= 0.3 is 6.18 Å². The van der Waals surface area contributed by atoms with E-state index in [4.69, 9.17) is 0 Å². The van der Waals surface area contributed by atoms with E-state index in [1.165, 1.54) is 12.1 Å². The molecule has 1 rings (SSSR count). The molecule has 4 heteroatoms. The molecule has 1 aromatic carbocycles. The van der Waals surface area contributed by atoms with Crippen LogP contribution in [0.15, 0.2) is 30.3 Å². The number of rotatable bonds is 3. The van der Waals surface area contributed by atoms with E-state index < -0.39 is 11.7 Å². The first kappa shape index (κ1) is 13.5. The molecular formula is C12H12F3I. The lowest BCUT2D eigenvalue weighted by Crippen LogP contribution is -2.04. The molecule has 0 aliphatic heterocycles. The van der Waals surface area contributed by atoms with E-state index in [9.17, 15) is 13.2 Å². The van der Waals surface area contributed by atoms with Crippen molar-refractivity contribution in [1.29, 1.82) is 0 Å². The molecular weight excluding hydrogens is 328 g/mol. The van der Waals surface area contributed by atoms with E-state index in [1.54, 1.807) is 0 Å². The third-order valence-corrected chi connectivity index (χ3v) is 3.16. The normalized spacial score (nSPS) is 12.9. The Morgan fingerprint density at radius 2 is 1.81 bits per heavy atom. The van der Waals surface area contributed by atoms with Gasteiger partial charge in [0.05, 0.1) is 5.56 Å². The lowest BCUT2D eigenvalue weighted by molar-refractivity contribution is -0.137. The summed E-state index contributed by atoms with van der Waals surface area (Å²) in [5.74, 6) is 0. The molecule has 1 aromatic rings. The van der Waals surface area contributed by atoms with Gasteiger partial charge in [-0.3, -0.25) is 0 Å². The first-order valence-corrected chi connectivity index (χ1v) is 6.06. The van der Waals surface area contributed by atoms with Crippen LogP contribution in [0.4, 0.5) is 13.2 Å². The second-order valence-corrected chi connectivity index (χ2v) is 4.58. The number of halogens is 4. The average molecular weight is 340 g/mol. The van der Waals surface area contributed by atoms with Gasteiger partial charge in [0.2, 0.25) is 0 Å². The number of hydrogen-bond acceptors (Lipinski definition) is 0. The molecule has 0 unspecified atom stereocenters. The molecule has 88 valence electrons. The molecule has 0 amide bonds. The Morgan fingerprint density at radius 1 is 1.25 bits per heavy atom. The maximum absolute atomic E-state index is 12.3. The minimum absolute atomic E-state index is 0.601. The quantitative estimate of drug-likeness (QED) is 0.657. The maximum atomic E-state index is 12.3. The van der Waals surface area contributed by atoms with Gasteiger partial charge in [-0.25, -0.2) is 0 Å². The first-order chi connectivity index (χ1) is 7.45. The summed E-state index contributed by atoms with van der Waals surface area (Å²) >= 11 is 2.14. The molecule has 0 radical (unpaired) electrons. The van der Waals surface area contributed by atoms with Crippen molar-refractivity contribution in [1.82, 2.24) is 0 Å². The molecule has 0 bridgehead atoms. The van der Waals surface area contributed by atoms with Crippen molar-refractivity contribution in [3.63, 3.8) is 0 Å². The van der Waals surface area contributed by atoms with Crippen molar-refractivity contribution in [3.8, 4) is 0 Å². The number of hydrogen-bond donors (Lipinski definition) is 0. The molecule has 0 heterocycles. The smallest absolute Gasteiger partial charge is 0.166 e. The minimum Gasteiger partial charge on any atom is -0.166 e. The molecule has 0 N–H and O–H groups in total. The SMILES string of the molecule is CCC/C=C(\I)c1ccc(C(F)(F)F)cc1. The Bertz CT molecular complexity index is 363. The maximum Gasteiger partial charge on any atom is 0.416 e. The van der Waals surface area contributed by atoms with Crippen LogP contribution in [0.5, 0.6) is 0 Å². The van der Waals surface area contributed by atoms with Crippen molar-refractivity contribution >= 4 is 26.2 Å². The monoisotopic (exact) mass is 340 g/mol. The van der Waals surface area contributed by atoms with Gasteiger partial charge in [-0.1, -0.05) is 31.6 Å². The van der Waals surface area contributed by atoms with Crippen LogP contribution in [0.25, 0.3) is 3.58 Å². The minimum atomic E-state index is -4.25. The highest BCUT2D eigenvalue weighted by Gasteiger charge is 2.29. The van der Waals surface area contributed by atoms with Crippen LogP contribution < -0.4 is 0 Å². The summed E-state index contributed by atoms with van der Waals surface area (Å²) in [5, 5.41) is 0. The van der Waals surface area contributed by atoms with Crippen molar-refractivity contribution in [2.24, 2.45) is 0 Å². The number of unbranched alkanes of at least 4 members (excludes halogenated alkanes) is 1. The zero-order valence-corrected chi connectivity index (χ0v) is 11.0. The third kappa shape index (κ3) is 3.81. The van der Waals surface area contributed by atoms with E-state index in [-0.39, 0.29) is 0 Å². The van der Waals surface area contributed by atoms with Gasteiger partial charge in [0.1, 0.15) is 0 Å². The van der Waals surface area contributed by atoms with Crippen LogP contribution in [-0.4, -0.2) is 0 Å². The lowest BCUT2D eigenvalue weighted by atomic mass is 10.1. The fraction of sp³-hybridized carbons (Fsp3) is 0.333. The van der Waals surface area contributed by atoms with Gasteiger partial charge < -0.3 is 0 Å². The highest BCUT2D eigenvalue weighted by Crippen LogP contribution is 2.31. The highest BCUT2D eigenvalue weighted by atomic mass is 127. The van der Waals surface area contributed by atoms with Crippen LogP contribution in [-0.2, 0) is 6.18 Å². The van der Waals surface area contributed by atoms with E-state index >= 15 is 0 Å². The molecule has 0 saturated heterocycles. The summed E-state index contributed by atoms with van der Waals surface area (Å²) in [6.07, 6.45) is -0.243. The Labute approximate surface area is 107 Å². The second-order valence-electron chi connectivity index (χ2n) is 3.42. The number of alkyl halides is 3. The van der Waals surface area contributed by atoms with Crippen LogP contribution in [0.1, 0.15) is 30.9 Å². The van der Waals surface area contributed by atoms with E-state index in [2.05, 4.69) is 29.5 Å². The van der Waals surface area contributed by atoms with Gasteiger partial charge in [-0.05, 0) is 46.7 Å². The van der Waals surface area contributed by atoms with Crippen molar-refractivity contribution in [3.05, 3.63) is 41.5 Å². The fourth-order valence-corrected chi connectivity index (χ4v) is 1.88. The fourth-order valence-electron chi connectivity index (χ4n) is 1.21. The summed E-state index contributed by atoms with van der Waals surface area (Å²) in [4.78, 5) is 0. The molecule has 0 nitrogen and oxygen atoms in total. The first-order valence-electron chi connectivity index (χ1n) is 4.98. The predicted octanol–water partition coefficient (Wildman–Crippen LogP) is 5.28. The molecule has 0 aromatic heterocycles. The molecule has 0 spiro atoms. The van der Waals surface area contributed by atoms with Gasteiger partial charge in [0.15, 0.2) is 0 Å². The molecule has 0 atom stereocenters. The average Bonchev–Trinajstić information content (AvgIpc) is 2.25.